The van der Waals surface area contributed by atoms with Crippen LogP contribution in [0.1, 0.15) is 43.6 Å². The second-order valence-corrected chi connectivity index (χ2v) is 6.08. The van der Waals surface area contributed by atoms with Crippen molar-refractivity contribution in [3.63, 3.8) is 0 Å². The van der Waals surface area contributed by atoms with Gasteiger partial charge in [0.25, 0.3) is 0 Å². The Morgan fingerprint density at radius 2 is 2.00 bits per heavy atom. The Labute approximate surface area is 126 Å². The van der Waals surface area contributed by atoms with Crippen LogP contribution in [0.3, 0.4) is 0 Å². The molecule has 3 rings (SSSR count). The van der Waals surface area contributed by atoms with Crippen LogP contribution in [0.2, 0.25) is 0 Å². The first-order valence-corrected chi connectivity index (χ1v) is 7.82. The summed E-state index contributed by atoms with van der Waals surface area (Å²) in [6, 6.07) is 8.82. The van der Waals surface area contributed by atoms with Crippen molar-refractivity contribution in [2.24, 2.45) is 0 Å². The third-order valence-corrected chi connectivity index (χ3v) is 4.31. The first-order valence-electron chi connectivity index (χ1n) is 7.82. The van der Waals surface area contributed by atoms with Crippen molar-refractivity contribution in [3.05, 3.63) is 35.7 Å². The van der Waals surface area contributed by atoms with Crippen molar-refractivity contribution < 1.29 is 4.42 Å². The van der Waals surface area contributed by atoms with Gasteiger partial charge in [-0.15, -0.1) is 10.2 Å². The molecule has 0 radical (unpaired) electrons. The van der Waals surface area contributed by atoms with Crippen LogP contribution in [0.5, 0.6) is 0 Å². The van der Waals surface area contributed by atoms with Crippen LogP contribution in [-0.2, 0) is 6.54 Å². The average Bonchev–Trinajstić information content (AvgIpc) is 2.97. The quantitative estimate of drug-likeness (QED) is 0.856. The molecule has 1 saturated carbocycles. The summed E-state index contributed by atoms with van der Waals surface area (Å²) in [4.78, 5) is 2.35. The number of hydrogen-bond acceptors (Lipinski definition) is 4. The van der Waals surface area contributed by atoms with Crippen molar-refractivity contribution in [2.45, 2.75) is 51.6 Å². The molecule has 1 aromatic heterocycles. The lowest BCUT2D eigenvalue weighted by Gasteiger charge is -2.29. The molecule has 0 spiro atoms. The van der Waals surface area contributed by atoms with Gasteiger partial charge in [-0.1, -0.05) is 37.0 Å². The zero-order valence-corrected chi connectivity index (χ0v) is 12.9. The van der Waals surface area contributed by atoms with Crippen LogP contribution in [0.25, 0.3) is 11.5 Å². The third-order valence-electron chi connectivity index (χ3n) is 4.31. The average molecular weight is 285 g/mol. The molecule has 0 amide bonds. The largest absolute Gasteiger partial charge is 0.419 e. The number of aromatic nitrogens is 2. The maximum atomic E-state index is 5.82. The molecule has 4 nitrogen and oxygen atoms in total. The summed E-state index contributed by atoms with van der Waals surface area (Å²) in [6.07, 6.45) is 6.63. The van der Waals surface area contributed by atoms with Gasteiger partial charge in [-0.05, 0) is 38.9 Å². The molecule has 0 N–H and O–H groups in total. The summed E-state index contributed by atoms with van der Waals surface area (Å²) in [5.74, 6) is 1.32. The van der Waals surface area contributed by atoms with Crippen molar-refractivity contribution in [1.29, 1.82) is 0 Å². The van der Waals surface area contributed by atoms with Gasteiger partial charge in [-0.3, -0.25) is 4.90 Å². The lowest BCUT2D eigenvalue weighted by Crippen LogP contribution is -2.32. The molecule has 4 heteroatoms. The van der Waals surface area contributed by atoms with E-state index in [1.54, 1.807) is 0 Å². The topological polar surface area (TPSA) is 42.2 Å². The smallest absolute Gasteiger partial charge is 0.247 e. The van der Waals surface area contributed by atoms with Crippen LogP contribution < -0.4 is 0 Å². The Hall–Kier alpha value is -1.68. The number of aryl methyl sites for hydroxylation is 1. The van der Waals surface area contributed by atoms with Gasteiger partial charge < -0.3 is 4.42 Å². The monoisotopic (exact) mass is 285 g/mol. The molecule has 1 aliphatic rings. The Bertz CT molecular complexity index is 587. The van der Waals surface area contributed by atoms with Gasteiger partial charge in [0.05, 0.1) is 6.54 Å². The van der Waals surface area contributed by atoms with E-state index in [0.29, 0.717) is 17.8 Å². The zero-order valence-electron chi connectivity index (χ0n) is 12.9. The molecule has 0 atom stereocenters. The molecule has 0 aliphatic heterocycles. The minimum Gasteiger partial charge on any atom is -0.419 e. The fourth-order valence-electron chi connectivity index (χ4n) is 3.08. The SMILES string of the molecule is Cc1cccc(-c2nnc(CN(C)C3CCCCC3)o2)c1. The van der Waals surface area contributed by atoms with Gasteiger partial charge in [0, 0.05) is 11.6 Å². The van der Waals surface area contributed by atoms with E-state index in [9.17, 15) is 0 Å². The van der Waals surface area contributed by atoms with Gasteiger partial charge in [0.1, 0.15) is 0 Å². The number of benzene rings is 1. The predicted molar refractivity (Wildman–Crippen MR) is 82.8 cm³/mol. The second-order valence-electron chi connectivity index (χ2n) is 6.08. The highest BCUT2D eigenvalue weighted by Gasteiger charge is 2.20. The van der Waals surface area contributed by atoms with Crippen molar-refractivity contribution in [2.75, 3.05) is 7.05 Å². The normalized spacial score (nSPS) is 16.5. The molecular weight excluding hydrogens is 262 g/mol. The van der Waals surface area contributed by atoms with E-state index in [4.69, 9.17) is 4.42 Å². The molecule has 112 valence electrons. The van der Waals surface area contributed by atoms with Crippen LogP contribution >= 0.6 is 0 Å². The molecule has 0 unspecified atom stereocenters. The molecule has 2 aromatic rings. The van der Waals surface area contributed by atoms with Gasteiger partial charge in [-0.2, -0.15) is 0 Å². The fraction of sp³-hybridized carbons (Fsp3) is 0.529. The Balaban J connectivity index is 1.67. The van der Waals surface area contributed by atoms with E-state index in [0.717, 1.165) is 12.1 Å². The minimum absolute atomic E-state index is 0.616. The Kier molecular flexibility index (Phi) is 4.34. The van der Waals surface area contributed by atoms with Gasteiger partial charge in [0.2, 0.25) is 11.8 Å². The fourth-order valence-corrected chi connectivity index (χ4v) is 3.08. The van der Waals surface area contributed by atoms with E-state index in [-0.39, 0.29) is 0 Å². The van der Waals surface area contributed by atoms with Crippen LogP contribution in [-0.4, -0.2) is 28.2 Å². The lowest BCUT2D eigenvalue weighted by molar-refractivity contribution is 0.170. The number of rotatable bonds is 4. The maximum absolute atomic E-state index is 5.82. The molecule has 1 aliphatic carbocycles. The lowest BCUT2D eigenvalue weighted by atomic mass is 9.94. The van der Waals surface area contributed by atoms with Crippen molar-refractivity contribution in [1.82, 2.24) is 15.1 Å². The Morgan fingerprint density at radius 3 is 2.76 bits per heavy atom. The third kappa shape index (κ3) is 3.50. The van der Waals surface area contributed by atoms with Crippen LogP contribution in [0.15, 0.2) is 28.7 Å². The van der Waals surface area contributed by atoms with Gasteiger partial charge in [0.15, 0.2) is 0 Å². The first-order chi connectivity index (χ1) is 10.2. The maximum Gasteiger partial charge on any atom is 0.247 e. The summed E-state index contributed by atoms with van der Waals surface area (Å²) in [6.45, 7) is 2.81. The summed E-state index contributed by atoms with van der Waals surface area (Å²) < 4.78 is 5.82. The summed E-state index contributed by atoms with van der Waals surface area (Å²) in [5, 5.41) is 8.38. The van der Waals surface area contributed by atoms with Crippen LogP contribution in [0.4, 0.5) is 0 Å². The predicted octanol–water partition coefficient (Wildman–Crippen LogP) is 3.81. The first kappa shape index (κ1) is 14.3. The molecule has 1 aromatic carbocycles. The standard InChI is InChI=1S/C17H23N3O/c1-13-7-6-8-14(11-13)17-19-18-16(21-17)12-20(2)15-9-4-3-5-10-15/h6-8,11,15H,3-5,9-10,12H2,1-2H3. The van der Waals surface area contributed by atoms with E-state index < -0.39 is 0 Å². The highest BCUT2D eigenvalue weighted by Crippen LogP contribution is 2.24. The van der Waals surface area contributed by atoms with Gasteiger partial charge in [-0.25, -0.2) is 0 Å². The summed E-state index contributed by atoms with van der Waals surface area (Å²) in [7, 11) is 2.16. The minimum atomic E-state index is 0.616. The highest BCUT2D eigenvalue weighted by atomic mass is 16.4. The molecule has 1 fully saturated rings. The molecule has 1 heterocycles. The van der Waals surface area contributed by atoms with Crippen molar-refractivity contribution in [3.8, 4) is 11.5 Å². The molecule has 0 bridgehead atoms. The molecular formula is C17H23N3O. The summed E-state index contributed by atoms with van der Waals surface area (Å²) in [5.41, 5.74) is 2.20. The van der Waals surface area contributed by atoms with Gasteiger partial charge >= 0.3 is 0 Å². The zero-order chi connectivity index (χ0) is 14.7. The summed E-state index contributed by atoms with van der Waals surface area (Å²) >= 11 is 0. The van der Waals surface area contributed by atoms with E-state index in [2.05, 4.69) is 41.2 Å². The van der Waals surface area contributed by atoms with E-state index >= 15 is 0 Å². The molecule has 0 saturated heterocycles. The van der Waals surface area contributed by atoms with Crippen LogP contribution in [0, 0.1) is 6.92 Å². The van der Waals surface area contributed by atoms with E-state index in [1.165, 1.54) is 37.7 Å². The van der Waals surface area contributed by atoms with Crippen molar-refractivity contribution >= 4 is 0 Å². The number of nitrogens with zero attached hydrogens (tertiary/aromatic N) is 3. The second kappa shape index (κ2) is 6.39. The Morgan fingerprint density at radius 1 is 1.19 bits per heavy atom. The molecule has 21 heavy (non-hydrogen) atoms. The highest BCUT2D eigenvalue weighted by molar-refractivity contribution is 5.53. The van der Waals surface area contributed by atoms with E-state index in [1.807, 2.05) is 12.1 Å². The number of hydrogen-bond donors (Lipinski definition) is 0.